The first-order valence-corrected chi connectivity index (χ1v) is 18.5. The number of amides is 1. The molecule has 3 saturated heterocycles. The summed E-state index contributed by atoms with van der Waals surface area (Å²) in [6, 6.07) is 11.2. The molecule has 2 unspecified atom stereocenters. The van der Waals surface area contributed by atoms with Gasteiger partial charge in [-0.15, -0.1) is 0 Å². The van der Waals surface area contributed by atoms with E-state index in [4.69, 9.17) is 14.5 Å². The number of hydrogen-bond donors (Lipinski definition) is 1. The van der Waals surface area contributed by atoms with Gasteiger partial charge in [0.1, 0.15) is 29.6 Å². The van der Waals surface area contributed by atoms with E-state index in [1.165, 1.54) is 35.6 Å². The fourth-order valence-electron chi connectivity index (χ4n) is 8.93. The van der Waals surface area contributed by atoms with Crippen LogP contribution in [0, 0.1) is 0 Å². The van der Waals surface area contributed by atoms with E-state index >= 15 is 0 Å². The lowest BCUT2D eigenvalue weighted by atomic mass is 9.98. The second-order valence-corrected chi connectivity index (χ2v) is 14.8. The summed E-state index contributed by atoms with van der Waals surface area (Å²) < 4.78 is 14.7. The Hall–Kier alpha value is -5.01. The van der Waals surface area contributed by atoms with E-state index in [2.05, 4.69) is 30.7 Å². The summed E-state index contributed by atoms with van der Waals surface area (Å²) in [6.07, 6.45) is 11.9. The van der Waals surface area contributed by atoms with Crippen LogP contribution < -0.4 is 20.7 Å². The minimum Gasteiger partial charge on any atom is -0.461 e. The van der Waals surface area contributed by atoms with E-state index in [1.807, 2.05) is 24.4 Å². The Bertz CT molecular complexity index is 2090. The molecular weight excluding hydrogens is 660 g/mol. The summed E-state index contributed by atoms with van der Waals surface area (Å²) in [5.41, 5.74) is 6.47. The van der Waals surface area contributed by atoms with Crippen LogP contribution >= 0.6 is 0 Å². The van der Waals surface area contributed by atoms with Crippen molar-refractivity contribution in [3.8, 4) is 11.1 Å². The van der Waals surface area contributed by atoms with E-state index in [9.17, 15) is 14.4 Å². The number of aryl methyl sites for hydroxylation is 2. The minimum absolute atomic E-state index is 0.0750. The molecule has 8 heterocycles. The van der Waals surface area contributed by atoms with Gasteiger partial charge in [0.2, 0.25) is 0 Å². The van der Waals surface area contributed by atoms with Gasteiger partial charge in [0, 0.05) is 81.4 Å². The van der Waals surface area contributed by atoms with Crippen molar-refractivity contribution in [1.29, 1.82) is 0 Å². The molecule has 0 spiro atoms. The van der Waals surface area contributed by atoms with Crippen molar-refractivity contribution in [3.63, 3.8) is 0 Å². The lowest BCUT2D eigenvalue weighted by Crippen LogP contribution is -2.60. The van der Waals surface area contributed by atoms with Gasteiger partial charge in [0.05, 0.1) is 31.1 Å². The molecule has 1 amide bonds. The number of carbonyl (C=O) groups excluding carboxylic acids is 2. The van der Waals surface area contributed by atoms with Crippen molar-refractivity contribution in [2.24, 2.45) is 7.05 Å². The largest absolute Gasteiger partial charge is 0.461 e. The number of rotatable bonds is 8. The molecule has 0 radical (unpaired) electrons. The molecule has 3 fully saturated rings. The third-order valence-electron chi connectivity index (χ3n) is 11.6. The molecule has 2 bridgehead atoms. The molecule has 0 aromatic carbocycles. The van der Waals surface area contributed by atoms with E-state index in [0.29, 0.717) is 70.9 Å². The van der Waals surface area contributed by atoms with Crippen LogP contribution in [-0.2, 0) is 47.3 Å². The second kappa shape index (κ2) is 13.2. The Labute approximate surface area is 302 Å². The van der Waals surface area contributed by atoms with E-state index in [1.54, 1.807) is 30.4 Å². The maximum Gasteiger partial charge on any atom is 0.302 e. The van der Waals surface area contributed by atoms with Gasteiger partial charge < -0.3 is 28.8 Å². The van der Waals surface area contributed by atoms with Crippen molar-refractivity contribution in [1.82, 2.24) is 24.0 Å². The summed E-state index contributed by atoms with van der Waals surface area (Å²) >= 11 is 0. The molecule has 9 rings (SSSR count). The zero-order chi connectivity index (χ0) is 35.5. The fourth-order valence-corrected chi connectivity index (χ4v) is 8.93. The lowest BCUT2D eigenvalue weighted by Gasteiger charge is -2.47. The standard InChI is InChI=1S/C39H44N8O5/c1-24(48)52-23-32-31(11-12-40-37(32)46-14-13-45-34-6-4-3-5-25(34)16-35(45)39(46)50)26-15-33(38(49)43(2)18-26)42-36-10-9-27(17-41-36)47-28-7-8-29(47)20-44(19-28)30-21-51-22-30/h9-12,15-18,28-30H,3-8,13-14,19-23H2,1-2H3,(H,41,42). The van der Waals surface area contributed by atoms with Crippen LogP contribution in [0.2, 0.25) is 0 Å². The van der Waals surface area contributed by atoms with Crippen molar-refractivity contribution in [2.75, 3.05) is 48.0 Å². The number of ether oxygens (including phenoxy) is 2. The predicted octanol–water partition coefficient (Wildman–Crippen LogP) is 4.04. The molecule has 2 atom stereocenters. The highest BCUT2D eigenvalue weighted by molar-refractivity contribution is 6.06. The minimum atomic E-state index is -0.438. The maximum atomic E-state index is 14.0. The van der Waals surface area contributed by atoms with Crippen LogP contribution in [0.5, 0.6) is 0 Å². The van der Waals surface area contributed by atoms with E-state index in [-0.39, 0.29) is 18.1 Å². The number of nitrogens with zero attached hydrogens (tertiary/aromatic N) is 7. The Morgan fingerprint density at radius 1 is 1.00 bits per heavy atom. The number of aromatic nitrogens is 4. The molecule has 1 N–H and O–H groups in total. The molecule has 5 aliphatic rings. The predicted molar refractivity (Wildman–Crippen MR) is 196 cm³/mol. The number of carbonyl (C=O) groups is 2. The monoisotopic (exact) mass is 704 g/mol. The number of likely N-dealkylation sites (tertiary alicyclic amines) is 1. The van der Waals surface area contributed by atoms with E-state index in [0.717, 1.165) is 57.7 Å². The maximum absolute atomic E-state index is 14.0. The SMILES string of the molecule is CC(=O)OCc1c(-c2cc(Nc3ccc(N4C5CCC4CN(C4COC4)C5)cn3)c(=O)n(C)c2)ccnc1N1CCn2c(cc3c2CCCC3)C1=O. The van der Waals surface area contributed by atoms with Crippen LogP contribution in [0.25, 0.3) is 11.1 Å². The zero-order valence-electron chi connectivity index (χ0n) is 29.7. The first-order chi connectivity index (χ1) is 25.3. The topological polar surface area (TPSA) is 127 Å². The highest BCUT2D eigenvalue weighted by Crippen LogP contribution is 2.38. The number of piperazine rings is 1. The van der Waals surface area contributed by atoms with Crippen LogP contribution in [-0.4, -0.2) is 86.9 Å². The Balaban J connectivity index is 0.999. The quantitative estimate of drug-likeness (QED) is 0.269. The summed E-state index contributed by atoms with van der Waals surface area (Å²) in [4.78, 5) is 55.8. The Morgan fingerprint density at radius 3 is 2.54 bits per heavy atom. The fraction of sp³-hybridized carbons (Fsp3) is 0.462. The molecule has 4 aromatic rings. The summed E-state index contributed by atoms with van der Waals surface area (Å²) in [6.45, 7) is 6.18. The molecular formula is C39H44N8O5. The molecule has 4 aliphatic heterocycles. The number of esters is 1. The normalized spacial score (nSPS) is 21.5. The third kappa shape index (κ3) is 5.76. The van der Waals surface area contributed by atoms with Crippen molar-refractivity contribution < 1.29 is 19.1 Å². The van der Waals surface area contributed by atoms with Gasteiger partial charge in [-0.1, -0.05) is 0 Å². The zero-order valence-corrected chi connectivity index (χ0v) is 29.7. The molecule has 52 heavy (non-hydrogen) atoms. The average Bonchev–Trinajstić information content (AvgIpc) is 3.63. The van der Waals surface area contributed by atoms with Crippen LogP contribution in [0.4, 0.5) is 23.0 Å². The van der Waals surface area contributed by atoms with Crippen LogP contribution in [0.3, 0.4) is 0 Å². The molecule has 4 aromatic heterocycles. The lowest BCUT2D eigenvalue weighted by molar-refractivity contribution is -0.142. The second-order valence-electron chi connectivity index (χ2n) is 14.8. The third-order valence-corrected chi connectivity index (χ3v) is 11.6. The van der Waals surface area contributed by atoms with Crippen molar-refractivity contribution >= 4 is 34.9 Å². The molecule has 1 aliphatic carbocycles. The number of hydrogen-bond acceptors (Lipinski definition) is 10. The van der Waals surface area contributed by atoms with E-state index < -0.39 is 5.97 Å². The van der Waals surface area contributed by atoms with Gasteiger partial charge in [-0.3, -0.25) is 24.2 Å². The molecule has 13 nitrogen and oxygen atoms in total. The number of anilines is 4. The van der Waals surface area contributed by atoms with Crippen LogP contribution in [0.15, 0.2) is 53.7 Å². The van der Waals surface area contributed by atoms with Gasteiger partial charge in [-0.25, -0.2) is 9.97 Å². The smallest absolute Gasteiger partial charge is 0.302 e. The van der Waals surface area contributed by atoms with Crippen LogP contribution in [0.1, 0.15) is 59.9 Å². The van der Waals surface area contributed by atoms with Gasteiger partial charge in [0.15, 0.2) is 0 Å². The van der Waals surface area contributed by atoms with Gasteiger partial charge in [0.25, 0.3) is 11.5 Å². The number of nitrogens with one attached hydrogen (secondary N) is 1. The summed E-state index contributed by atoms with van der Waals surface area (Å²) in [5, 5.41) is 3.26. The van der Waals surface area contributed by atoms with Gasteiger partial charge >= 0.3 is 5.97 Å². The number of fused-ring (bicyclic) bond motifs is 5. The van der Waals surface area contributed by atoms with Crippen molar-refractivity contribution in [2.45, 2.75) is 76.7 Å². The molecule has 270 valence electrons. The highest BCUT2D eigenvalue weighted by Gasteiger charge is 2.43. The first kappa shape index (κ1) is 32.9. The van der Waals surface area contributed by atoms with Gasteiger partial charge in [-0.05, 0) is 80.0 Å². The summed E-state index contributed by atoms with van der Waals surface area (Å²) in [5.74, 6) is 0.461. The Kier molecular flexibility index (Phi) is 8.34. The highest BCUT2D eigenvalue weighted by atomic mass is 16.5. The Morgan fingerprint density at radius 2 is 1.81 bits per heavy atom. The molecule has 0 saturated carbocycles. The first-order valence-electron chi connectivity index (χ1n) is 18.5. The summed E-state index contributed by atoms with van der Waals surface area (Å²) in [7, 11) is 1.70. The average molecular weight is 705 g/mol. The number of pyridine rings is 3. The molecule has 13 heteroatoms. The van der Waals surface area contributed by atoms with Gasteiger partial charge in [-0.2, -0.15) is 0 Å². The van der Waals surface area contributed by atoms with Crippen molar-refractivity contribution in [3.05, 3.63) is 81.8 Å².